The molecule has 2 N–H and O–H groups in total. The smallest absolute Gasteiger partial charge is 0.256 e. The van der Waals surface area contributed by atoms with Gasteiger partial charge in [-0.15, -0.1) is 0 Å². The van der Waals surface area contributed by atoms with Gasteiger partial charge in [-0.3, -0.25) is 14.3 Å². The Balaban J connectivity index is 2.10. The summed E-state index contributed by atoms with van der Waals surface area (Å²) in [6.45, 7) is 12.1. The van der Waals surface area contributed by atoms with Gasteiger partial charge in [0.2, 0.25) is 0 Å². The number of aromatic nitrogens is 2. The summed E-state index contributed by atoms with van der Waals surface area (Å²) in [6.07, 6.45) is 7.24. The second kappa shape index (κ2) is 9.62. The van der Waals surface area contributed by atoms with E-state index in [1.807, 2.05) is 10.8 Å². The summed E-state index contributed by atoms with van der Waals surface area (Å²) in [7, 11) is 0. The Morgan fingerprint density at radius 1 is 1.46 bits per heavy atom. The van der Waals surface area contributed by atoms with Crippen molar-refractivity contribution in [3.05, 3.63) is 38.5 Å². The second-order valence-corrected chi connectivity index (χ2v) is 8.07. The quantitative estimate of drug-likeness (QED) is 0.401. The third-order valence-electron chi connectivity index (χ3n) is 5.48. The summed E-state index contributed by atoms with van der Waals surface area (Å²) in [5, 5.41) is 3.28. The van der Waals surface area contributed by atoms with E-state index in [-0.39, 0.29) is 17.9 Å². The molecular formula is C20H33N3O2S. The van der Waals surface area contributed by atoms with Crippen LogP contribution in [0.25, 0.3) is 0 Å². The Kier molecular flexibility index (Phi) is 7.80. The first kappa shape index (κ1) is 21.1. The zero-order chi connectivity index (χ0) is 19.3. The van der Waals surface area contributed by atoms with E-state index in [1.165, 1.54) is 5.57 Å². The van der Waals surface area contributed by atoms with E-state index >= 15 is 0 Å². The van der Waals surface area contributed by atoms with E-state index in [2.05, 4.69) is 51.0 Å². The van der Waals surface area contributed by atoms with E-state index in [9.17, 15) is 4.79 Å². The van der Waals surface area contributed by atoms with Gasteiger partial charge >= 0.3 is 0 Å². The molecule has 0 spiro atoms. The van der Waals surface area contributed by atoms with Gasteiger partial charge in [0.15, 0.2) is 4.77 Å². The monoisotopic (exact) mass is 379 g/mol. The molecule has 1 aliphatic heterocycles. The summed E-state index contributed by atoms with van der Waals surface area (Å²) >= 11 is 5.38. The zero-order valence-electron chi connectivity index (χ0n) is 16.7. The van der Waals surface area contributed by atoms with Crippen molar-refractivity contribution in [2.45, 2.75) is 72.8 Å². The van der Waals surface area contributed by atoms with Gasteiger partial charge in [-0.1, -0.05) is 38.8 Å². The molecule has 0 aliphatic carbocycles. The first-order valence-corrected chi connectivity index (χ1v) is 10.1. The molecule has 0 amide bonds. The third-order valence-corrected chi connectivity index (χ3v) is 5.79. The van der Waals surface area contributed by atoms with Crippen LogP contribution in [0.4, 0.5) is 0 Å². The number of H-pyrrole nitrogens is 1. The maximum absolute atomic E-state index is 12.2. The predicted molar refractivity (Wildman–Crippen MR) is 109 cm³/mol. The van der Waals surface area contributed by atoms with Gasteiger partial charge in [0.25, 0.3) is 5.56 Å². The van der Waals surface area contributed by atoms with Crippen molar-refractivity contribution in [3.8, 4) is 0 Å². The van der Waals surface area contributed by atoms with E-state index in [4.69, 9.17) is 17.0 Å². The van der Waals surface area contributed by atoms with E-state index in [0.29, 0.717) is 28.7 Å². The molecule has 26 heavy (non-hydrogen) atoms. The lowest BCUT2D eigenvalue weighted by atomic mass is 9.88. The van der Waals surface area contributed by atoms with Gasteiger partial charge in [0.05, 0.1) is 6.10 Å². The lowest BCUT2D eigenvalue weighted by Gasteiger charge is -2.25. The predicted octanol–water partition coefficient (Wildman–Crippen LogP) is 4.32. The minimum atomic E-state index is -0.126. The van der Waals surface area contributed by atoms with Crippen molar-refractivity contribution >= 4 is 12.2 Å². The molecule has 146 valence electrons. The molecular weight excluding hydrogens is 346 g/mol. The number of rotatable bonds is 8. The second-order valence-electron chi connectivity index (χ2n) is 7.68. The van der Waals surface area contributed by atoms with Gasteiger partial charge in [-0.25, -0.2) is 0 Å². The average Bonchev–Trinajstić information content (AvgIpc) is 3.08. The number of nitrogens with zero attached hydrogens (tertiary/aromatic N) is 1. The minimum Gasteiger partial charge on any atom is -0.354 e. The summed E-state index contributed by atoms with van der Waals surface area (Å²) in [5.41, 5.74) is 1.81. The van der Waals surface area contributed by atoms with Crippen LogP contribution in [0.15, 0.2) is 22.6 Å². The topological polar surface area (TPSA) is 59.0 Å². The van der Waals surface area contributed by atoms with Crippen LogP contribution in [0.1, 0.15) is 65.7 Å². The van der Waals surface area contributed by atoms with Crippen LogP contribution < -0.4 is 10.9 Å². The molecule has 1 saturated heterocycles. The third kappa shape index (κ3) is 5.38. The van der Waals surface area contributed by atoms with Crippen LogP contribution in [0.3, 0.4) is 0 Å². The standard InChI is InChI=1S/C20H33N3O2S/c1-6-14(4)15(5)17-7-8-18(25-17)23-12-16(19(24)22-20(23)26)11-21-10-9-13(2)3/h9,12,14-15,17-18,21H,6-8,10-11H2,1-5H3,(H,22,24,26)/t14?,15?,17?,18-/m1/s1. The average molecular weight is 380 g/mol. The molecule has 5 nitrogen and oxygen atoms in total. The zero-order valence-corrected chi connectivity index (χ0v) is 17.5. The van der Waals surface area contributed by atoms with E-state index < -0.39 is 0 Å². The summed E-state index contributed by atoms with van der Waals surface area (Å²) in [6, 6.07) is 0. The first-order chi connectivity index (χ1) is 12.3. The van der Waals surface area contributed by atoms with Gasteiger partial charge in [-0.05, 0) is 50.7 Å². The first-order valence-electron chi connectivity index (χ1n) is 9.67. The van der Waals surface area contributed by atoms with Crippen LogP contribution in [0, 0.1) is 16.6 Å². The number of ether oxygens (including phenoxy) is 1. The molecule has 4 atom stereocenters. The summed E-state index contributed by atoms with van der Waals surface area (Å²) in [4.78, 5) is 15.0. The van der Waals surface area contributed by atoms with Gasteiger partial charge in [0, 0.05) is 24.8 Å². The van der Waals surface area contributed by atoms with Crippen LogP contribution in [0.2, 0.25) is 0 Å². The highest BCUT2D eigenvalue weighted by molar-refractivity contribution is 7.71. The number of allylic oxidation sites excluding steroid dienone is 1. The summed E-state index contributed by atoms with van der Waals surface area (Å²) in [5.74, 6) is 1.16. The SMILES string of the molecule is CCC(C)C(C)C1CC[C@H](n2cc(CNCC=C(C)C)c(=O)[nH]c2=S)O1. The Bertz CT molecular complexity index is 733. The van der Waals surface area contributed by atoms with Crippen molar-refractivity contribution in [1.82, 2.24) is 14.9 Å². The Hall–Kier alpha value is -1.24. The fraction of sp³-hybridized carbons (Fsp3) is 0.700. The van der Waals surface area contributed by atoms with E-state index in [0.717, 1.165) is 25.8 Å². The lowest BCUT2D eigenvalue weighted by molar-refractivity contribution is -0.0342. The molecule has 2 rings (SSSR count). The van der Waals surface area contributed by atoms with Crippen molar-refractivity contribution in [1.29, 1.82) is 0 Å². The molecule has 0 saturated carbocycles. The van der Waals surface area contributed by atoms with Gasteiger partial charge < -0.3 is 10.1 Å². The highest BCUT2D eigenvalue weighted by Crippen LogP contribution is 2.35. The highest BCUT2D eigenvalue weighted by Gasteiger charge is 2.32. The lowest BCUT2D eigenvalue weighted by Crippen LogP contribution is -2.27. The summed E-state index contributed by atoms with van der Waals surface area (Å²) < 4.78 is 8.66. The minimum absolute atomic E-state index is 0.0904. The molecule has 2 heterocycles. The number of hydrogen-bond donors (Lipinski definition) is 2. The number of aromatic amines is 1. The molecule has 0 radical (unpaired) electrons. The van der Waals surface area contributed by atoms with Crippen LogP contribution >= 0.6 is 12.2 Å². The number of nitrogens with one attached hydrogen (secondary N) is 2. The van der Waals surface area contributed by atoms with Crippen LogP contribution in [-0.2, 0) is 11.3 Å². The fourth-order valence-electron chi connectivity index (χ4n) is 3.32. The molecule has 3 unspecified atom stereocenters. The van der Waals surface area contributed by atoms with Crippen LogP contribution in [-0.4, -0.2) is 22.2 Å². The van der Waals surface area contributed by atoms with Crippen molar-refractivity contribution in [2.75, 3.05) is 6.54 Å². The highest BCUT2D eigenvalue weighted by atomic mass is 32.1. The maximum Gasteiger partial charge on any atom is 0.256 e. The van der Waals surface area contributed by atoms with Crippen molar-refractivity contribution < 1.29 is 4.74 Å². The molecule has 1 aromatic heterocycles. The Morgan fingerprint density at radius 3 is 2.85 bits per heavy atom. The number of hydrogen-bond acceptors (Lipinski definition) is 4. The van der Waals surface area contributed by atoms with Gasteiger partial charge in [0.1, 0.15) is 6.23 Å². The van der Waals surface area contributed by atoms with Crippen molar-refractivity contribution in [3.63, 3.8) is 0 Å². The van der Waals surface area contributed by atoms with Crippen molar-refractivity contribution in [2.24, 2.45) is 11.8 Å². The molecule has 1 aromatic rings. The largest absolute Gasteiger partial charge is 0.354 e. The van der Waals surface area contributed by atoms with E-state index in [1.54, 1.807) is 0 Å². The Labute approximate surface area is 161 Å². The van der Waals surface area contributed by atoms with Gasteiger partial charge in [-0.2, -0.15) is 0 Å². The normalized spacial score (nSPS) is 22.2. The molecule has 1 aliphatic rings. The fourth-order valence-corrected chi connectivity index (χ4v) is 3.59. The maximum atomic E-state index is 12.2. The molecule has 0 bridgehead atoms. The Morgan fingerprint density at radius 2 is 2.19 bits per heavy atom. The molecule has 0 aromatic carbocycles. The molecule has 6 heteroatoms. The van der Waals surface area contributed by atoms with Crippen LogP contribution in [0.5, 0.6) is 0 Å². The molecule has 1 fully saturated rings.